The number of benzene rings is 2. The number of piperazine rings is 1. The highest BCUT2D eigenvalue weighted by Gasteiger charge is 2.52. The SMILES string of the molecule is O=C(NS(=O)(=O)CC12CC3CC(CC(C3)C1)C2)c1ccc(N2CCN(C(=O)c3ccccc3C#Cc3cncc(O)c3)CC2)cc1. The normalized spacial score (nSPS) is 25.1. The first-order valence-corrected chi connectivity index (χ1v) is 17.7. The van der Waals surface area contributed by atoms with Crippen molar-refractivity contribution in [2.75, 3.05) is 36.8 Å². The molecule has 4 saturated carbocycles. The summed E-state index contributed by atoms with van der Waals surface area (Å²) in [4.78, 5) is 34.3. The molecule has 2 aromatic carbocycles. The number of hydrogen-bond acceptors (Lipinski definition) is 7. The highest BCUT2D eigenvalue weighted by molar-refractivity contribution is 7.90. The van der Waals surface area contributed by atoms with Crippen LogP contribution in [0.25, 0.3) is 0 Å². The number of anilines is 1. The van der Waals surface area contributed by atoms with E-state index in [4.69, 9.17) is 0 Å². The summed E-state index contributed by atoms with van der Waals surface area (Å²) in [7, 11) is -3.75. The highest BCUT2D eigenvalue weighted by atomic mass is 32.2. The van der Waals surface area contributed by atoms with E-state index >= 15 is 0 Å². The van der Waals surface area contributed by atoms with E-state index in [-0.39, 0.29) is 22.8 Å². The third kappa shape index (κ3) is 6.47. The van der Waals surface area contributed by atoms with Gasteiger partial charge in [0.1, 0.15) is 5.75 Å². The van der Waals surface area contributed by atoms with Crippen molar-refractivity contribution in [1.82, 2.24) is 14.6 Å². The second-order valence-corrected chi connectivity index (χ2v) is 15.4. The van der Waals surface area contributed by atoms with E-state index in [2.05, 4.69) is 26.4 Å². The maximum absolute atomic E-state index is 13.5. The highest BCUT2D eigenvalue weighted by Crippen LogP contribution is 2.60. The Hall–Kier alpha value is -4.36. The molecule has 1 saturated heterocycles. The molecule has 2 N–H and O–H groups in total. The Morgan fingerprint density at radius 1 is 0.891 bits per heavy atom. The molecule has 5 fully saturated rings. The lowest BCUT2D eigenvalue weighted by atomic mass is 9.50. The predicted molar refractivity (Wildman–Crippen MR) is 175 cm³/mol. The molecular weight excluding hydrogens is 600 g/mol. The van der Waals surface area contributed by atoms with E-state index in [1.165, 1.54) is 31.5 Å². The molecule has 46 heavy (non-hydrogen) atoms. The van der Waals surface area contributed by atoms with E-state index in [1.54, 1.807) is 30.5 Å². The monoisotopic (exact) mass is 638 g/mol. The molecule has 1 aromatic heterocycles. The third-order valence-electron chi connectivity index (χ3n) is 10.2. The van der Waals surface area contributed by atoms with Crippen LogP contribution in [-0.4, -0.2) is 67.2 Å². The number of rotatable bonds is 6. The maximum atomic E-state index is 13.5. The molecule has 5 aliphatic rings. The number of sulfonamides is 1. The molecular formula is C36H38N4O5S. The molecule has 238 valence electrons. The fourth-order valence-corrected chi connectivity index (χ4v) is 10.3. The van der Waals surface area contributed by atoms with Crippen LogP contribution in [0.5, 0.6) is 5.75 Å². The van der Waals surface area contributed by atoms with Crippen molar-refractivity contribution in [2.24, 2.45) is 23.2 Å². The van der Waals surface area contributed by atoms with Crippen molar-refractivity contribution >= 4 is 27.5 Å². The van der Waals surface area contributed by atoms with Gasteiger partial charge in [0.15, 0.2) is 0 Å². The van der Waals surface area contributed by atoms with Crippen LogP contribution in [0.2, 0.25) is 0 Å². The second kappa shape index (κ2) is 12.1. The molecule has 0 radical (unpaired) electrons. The number of nitrogens with one attached hydrogen (secondary N) is 1. The van der Waals surface area contributed by atoms with Crippen molar-refractivity contribution in [3.8, 4) is 17.6 Å². The summed E-state index contributed by atoms with van der Waals surface area (Å²) < 4.78 is 28.6. The van der Waals surface area contributed by atoms with Gasteiger partial charge in [-0.15, -0.1) is 0 Å². The van der Waals surface area contributed by atoms with Crippen LogP contribution in [0.15, 0.2) is 67.0 Å². The van der Waals surface area contributed by atoms with Gasteiger partial charge in [0.25, 0.3) is 11.8 Å². The van der Waals surface area contributed by atoms with Gasteiger partial charge >= 0.3 is 0 Å². The Morgan fingerprint density at radius 2 is 1.54 bits per heavy atom. The molecule has 0 unspecified atom stereocenters. The number of nitrogens with zero attached hydrogens (tertiary/aromatic N) is 3. The molecule has 3 aromatic rings. The lowest BCUT2D eigenvalue weighted by molar-refractivity contribution is -0.0391. The zero-order chi connectivity index (χ0) is 31.9. The third-order valence-corrected chi connectivity index (χ3v) is 11.7. The van der Waals surface area contributed by atoms with Crippen molar-refractivity contribution in [2.45, 2.75) is 38.5 Å². The molecule has 1 aliphatic heterocycles. The number of pyridine rings is 1. The smallest absolute Gasteiger partial charge is 0.264 e. The summed E-state index contributed by atoms with van der Waals surface area (Å²) in [5.41, 5.74) is 2.72. The largest absolute Gasteiger partial charge is 0.506 e. The van der Waals surface area contributed by atoms with Crippen LogP contribution < -0.4 is 9.62 Å². The summed E-state index contributed by atoms with van der Waals surface area (Å²) >= 11 is 0. The number of aromatic nitrogens is 1. The van der Waals surface area contributed by atoms with Gasteiger partial charge in [-0.3, -0.25) is 14.6 Å². The first-order chi connectivity index (χ1) is 22.1. The Bertz CT molecular complexity index is 1790. The summed E-state index contributed by atoms with van der Waals surface area (Å²) in [5.74, 6) is 7.34. The van der Waals surface area contributed by atoms with Crippen LogP contribution >= 0.6 is 0 Å². The van der Waals surface area contributed by atoms with E-state index < -0.39 is 15.9 Å². The first-order valence-electron chi connectivity index (χ1n) is 16.1. The summed E-state index contributed by atoms with van der Waals surface area (Å²) in [6, 6.07) is 15.7. The molecule has 2 heterocycles. The average molecular weight is 639 g/mol. The molecule has 8 rings (SSSR count). The van der Waals surface area contributed by atoms with Gasteiger partial charge in [-0.1, -0.05) is 24.0 Å². The number of carbonyl (C=O) groups is 2. The van der Waals surface area contributed by atoms with Gasteiger partial charge in [-0.05, 0) is 104 Å². The van der Waals surface area contributed by atoms with Crippen LogP contribution in [0, 0.1) is 35.0 Å². The number of carbonyl (C=O) groups excluding carboxylic acids is 2. The van der Waals surface area contributed by atoms with Gasteiger partial charge in [-0.2, -0.15) is 0 Å². The molecule has 2 amide bonds. The molecule has 0 atom stereocenters. The fourth-order valence-electron chi connectivity index (χ4n) is 8.68. The van der Waals surface area contributed by atoms with E-state index in [0.717, 1.165) is 24.9 Å². The molecule has 9 nitrogen and oxygen atoms in total. The van der Waals surface area contributed by atoms with Crippen molar-refractivity contribution in [3.05, 3.63) is 89.2 Å². The van der Waals surface area contributed by atoms with Crippen LogP contribution in [-0.2, 0) is 10.0 Å². The number of hydrogen-bond donors (Lipinski definition) is 2. The summed E-state index contributed by atoms with van der Waals surface area (Å²) in [5, 5.41) is 9.65. The quantitative estimate of drug-likeness (QED) is 0.384. The lowest BCUT2D eigenvalue weighted by Gasteiger charge is -2.56. The molecule has 10 heteroatoms. The summed E-state index contributed by atoms with van der Waals surface area (Å²) in [6.07, 6.45) is 9.54. The van der Waals surface area contributed by atoms with E-state index in [0.29, 0.717) is 66.2 Å². The minimum Gasteiger partial charge on any atom is -0.506 e. The standard InChI is InChI=1S/C36H38N4O5S/c41-32-18-25(22-37-23-32)5-6-29-3-1-2-4-33(29)35(43)40-13-11-39(12-14-40)31-9-7-30(8-10-31)34(42)38-46(44,45)24-36-19-26-15-27(20-36)17-28(16-26)21-36/h1-4,7-10,18,22-23,26-28,41H,11-17,19-21,24H2,(H,38,42). The second-order valence-electron chi connectivity index (χ2n) is 13.7. The fraction of sp³-hybridized carbons (Fsp3) is 0.417. The van der Waals surface area contributed by atoms with Crippen molar-refractivity contribution in [3.63, 3.8) is 0 Å². The maximum Gasteiger partial charge on any atom is 0.264 e. The van der Waals surface area contributed by atoms with E-state index in [1.807, 2.05) is 29.2 Å². The lowest BCUT2D eigenvalue weighted by Crippen LogP contribution is -2.51. The zero-order valence-corrected chi connectivity index (χ0v) is 26.5. The zero-order valence-electron chi connectivity index (χ0n) is 25.7. The Labute approximate surface area is 270 Å². The molecule has 4 bridgehead atoms. The molecule has 4 aliphatic carbocycles. The van der Waals surface area contributed by atoms with Crippen LogP contribution in [0.1, 0.15) is 70.4 Å². The Kier molecular flexibility index (Phi) is 7.97. The molecule has 0 spiro atoms. The summed E-state index contributed by atoms with van der Waals surface area (Å²) in [6.45, 7) is 2.25. The first kappa shape index (κ1) is 30.3. The van der Waals surface area contributed by atoms with Gasteiger partial charge < -0.3 is 14.9 Å². The van der Waals surface area contributed by atoms with Gasteiger partial charge in [0.05, 0.1) is 17.5 Å². The minimum absolute atomic E-state index is 0.0299. The minimum atomic E-state index is -3.75. The number of amides is 2. The Balaban J connectivity index is 0.945. The average Bonchev–Trinajstić information content (AvgIpc) is 3.02. The van der Waals surface area contributed by atoms with Crippen molar-refractivity contribution < 1.29 is 23.1 Å². The van der Waals surface area contributed by atoms with Crippen LogP contribution in [0.3, 0.4) is 0 Å². The van der Waals surface area contributed by atoms with E-state index in [9.17, 15) is 23.1 Å². The van der Waals surface area contributed by atoms with Crippen LogP contribution in [0.4, 0.5) is 5.69 Å². The van der Waals surface area contributed by atoms with Gasteiger partial charge in [0, 0.05) is 54.8 Å². The number of aromatic hydroxyl groups is 1. The van der Waals surface area contributed by atoms with Crippen molar-refractivity contribution in [1.29, 1.82) is 0 Å². The predicted octanol–water partition coefficient (Wildman–Crippen LogP) is 4.43. The van der Waals surface area contributed by atoms with Gasteiger partial charge in [-0.25, -0.2) is 13.1 Å². The van der Waals surface area contributed by atoms with Gasteiger partial charge in [0.2, 0.25) is 10.0 Å². The Morgan fingerprint density at radius 3 is 2.20 bits per heavy atom. The topological polar surface area (TPSA) is 120 Å².